The number of aromatic amines is 1. The molecule has 0 bridgehead atoms. The van der Waals surface area contributed by atoms with E-state index in [1.807, 2.05) is 13.8 Å². The van der Waals surface area contributed by atoms with Gasteiger partial charge in [-0.15, -0.1) is 0 Å². The third kappa shape index (κ3) is 4.80. The van der Waals surface area contributed by atoms with Crippen LogP contribution in [0.25, 0.3) is 11.1 Å². The van der Waals surface area contributed by atoms with Gasteiger partial charge in [-0.05, 0) is 67.6 Å². The van der Waals surface area contributed by atoms with Crippen LogP contribution in [0.4, 0.5) is 14.5 Å². The highest BCUT2D eigenvalue weighted by atomic mass is 19.1. The molecule has 4 N–H and O–H groups in total. The molecular weight excluding hydrogens is 546 g/mol. The predicted octanol–water partition coefficient (Wildman–Crippen LogP) is 5.16. The van der Waals surface area contributed by atoms with Crippen molar-refractivity contribution in [1.82, 2.24) is 20.5 Å². The van der Waals surface area contributed by atoms with E-state index < -0.39 is 17.5 Å². The van der Waals surface area contributed by atoms with E-state index in [-0.39, 0.29) is 41.2 Å². The summed E-state index contributed by atoms with van der Waals surface area (Å²) in [6.45, 7) is 5.85. The van der Waals surface area contributed by atoms with Gasteiger partial charge in [0.1, 0.15) is 23.1 Å². The number of benzene rings is 2. The van der Waals surface area contributed by atoms with Gasteiger partial charge in [0.25, 0.3) is 5.91 Å². The third-order valence-electron chi connectivity index (χ3n) is 8.71. The molecule has 4 unspecified atom stereocenters. The number of hydrogen-bond donors (Lipinski definition) is 3. The fourth-order valence-corrected chi connectivity index (χ4v) is 6.55. The van der Waals surface area contributed by atoms with Crippen LogP contribution in [0, 0.1) is 36.8 Å². The lowest BCUT2D eigenvalue weighted by Gasteiger charge is -2.35. The van der Waals surface area contributed by atoms with E-state index in [4.69, 9.17) is 15.1 Å². The summed E-state index contributed by atoms with van der Waals surface area (Å²) in [6.07, 6.45) is 1.48. The van der Waals surface area contributed by atoms with Gasteiger partial charge in [0, 0.05) is 52.2 Å². The number of nitrogens with one attached hydrogen (secondary N) is 2. The molecule has 12 heteroatoms. The molecule has 2 aromatic carbocycles. The largest absolute Gasteiger partial charge is 0.493 e. The average Bonchev–Trinajstić information content (AvgIpc) is 3.23. The predicted molar refractivity (Wildman–Crippen MR) is 148 cm³/mol. The molecule has 1 fully saturated rings. The van der Waals surface area contributed by atoms with Crippen LogP contribution in [-0.4, -0.2) is 38.9 Å². The number of aryl methyl sites for hydroxylation is 2. The number of carbonyl (C=O) groups is 2. The van der Waals surface area contributed by atoms with Crippen LogP contribution < -0.4 is 15.8 Å². The summed E-state index contributed by atoms with van der Waals surface area (Å²) in [6, 6.07) is 8.95. The van der Waals surface area contributed by atoms with Crippen molar-refractivity contribution in [2.75, 3.05) is 11.9 Å². The van der Waals surface area contributed by atoms with Gasteiger partial charge in [-0.25, -0.2) is 13.4 Å². The number of primary amides is 1. The molecule has 218 valence electrons. The van der Waals surface area contributed by atoms with Crippen molar-refractivity contribution < 1.29 is 27.7 Å². The average molecular weight is 577 g/mol. The molecule has 4 aromatic rings. The smallest absolute Gasteiger partial charge is 0.272 e. The van der Waals surface area contributed by atoms with Crippen molar-refractivity contribution in [2.45, 2.75) is 51.9 Å². The number of halogens is 2. The lowest BCUT2D eigenvalue weighted by Crippen LogP contribution is -2.32. The Bertz CT molecular complexity index is 1680. The minimum absolute atomic E-state index is 0.00480. The second kappa shape index (κ2) is 10.3. The summed E-state index contributed by atoms with van der Waals surface area (Å²) in [5.41, 5.74) is 9.04. The van der Waals surface area contributed by atoms with Crippen LogP contribution >= 0.6 is 0 Å². The van der Waals surface area contributed by atoms with Crippen molar-refractivity contribution in [3.63, 3.8) is 0 Å². The number of fused-ring (bicyclic) bond motifs is 1. The first-order valence-corrected chi connectivity index (χ1v) is 13.7. The van der Waals surface area contributed by atoms with Gasteiger partial charge >= 0.3 is 0 Å². The topological polar surface area (TPSA) is 149 Å². The van der Waals surface area contributed by atoms with Gasteiger partial charge in [-0.3, -0.25) is 14.7 Å². The van der Waals surface area contributed by atoms with Crippen LogP contribution in [0.2, 0.25) is 0 Å². The zero-order valence-corrected chi connectivity index (χ0v) is 23.3. The first kappa shape index (κ1) is 27.6. The second-order valence-electron chi connectivity index (χ2n) is 11.4. The summed E-state index contributed by atoms with van der Waals surface area (Å²) in [7, 11) is 0. The van der Waals surface area contributed by atoms with Gasteiger partial charge in [-0.1, -0.05) is 18.1 Å². The molecule has 2 aliphatic rings. The van der Waals surface area contributed by atoms with Crippen LogP contribution in [0.15, 0.2) is 41.0 Å². The maximum absolute atomic E-state index is 15.1. The van der Waals surface area contributed by atoms with Gasteiger partial charge in [0.05, 0.1) is 12.3 Å². The number of ether oxygens (including phenoxy) is 1. The van der Waals surface area contributed by atoms with Gasteiger partial charge in [0.15, 0.2) is 5.69 Å². The number of rotatable bonds is 8. The lowest BCUT2D eigenvalue weighted by atomic mass is 9.76. The van der Waals surface area contributed by atoms with Crippen molar-refractivity contribution in [3.8, 4) is 16.9 Å². The minimum atomic E-state index is -0.713. The molecule has 10 nitrogen and oxygen atoms in total. The van der Waals surface area contributed by atoms with Crippen LogP contribution in [0.3, 0.4) is 0 Å². The fraction of sp³-hybridized carbons (Fsp3) is 0.367. The van der Waals surface area contributed by atoms with Crippen LogP contribution in [0.5, 0.6) is 5.75 Å². The monoisotopic (exact) mass is 576 g/mol. The molecule has 6 rings (SSSR count). The molecule has 1 aliphatic heterocycles. The van der Waals surface area contributed by atoms with E-state index in [0.717, 1.165) is 17.7 Å². The molecule has 3 heterocycles. The maximum atomic E-state index is 15.1. The fourth-order valence-electron chi connectivity index (χ4n) is 6.55. The van der Waals surface area contributed by atoms with E-state index in [2.05, 4.69) is 25.8 Å². The Hall–Kier alpha value is -4.61. The first-order chi connectivity index (χ1) is 20.1. The highest BCUT2D eigenvalue weighted by Gasteiger charge is 2.62. The van der Waals surface area contributed by atoms with Crippen LogP contribution in [0.1, 0.15) is 71.2 Å². The molecule has 0 radical (unpaired) electrons. The highest BCUT2D eigenvalue weighted by molar-refractivity contribution is 5.92. The summed E-state index contributed by atoms with van der Waals surface area (Å²) in [5, 5.41) is 17.4. The Labute approximate surface area is 240 Å². The van der Waals surface area contributed by atoms with E-state index in [1.54, 1.807) is 25.1 Å². The normalized spacial score (nSPS) is 21.5. The SMILES string of the molecule is Cc1n[nH]c(C)c1-c1ccc(NC(=O)CC2c3ccc(F)cc3OCC23CC3CC(C)c2nonc2C(N)=O)cc1F. The van der Waals surface area contributed by atoms with Crippen molar-refractivity contribution in [1.29, 1.82) is 0 Å². The van der Waals surface area contributed by atoms with E-state index in [0.29, 0.717) is 47.0 Å². The minimum Gasteiger partial charge on any atom is -0.493 e. The lowest BCUT2D eigenvalue weighted by molar-refractivity contribution is -0.117. The standard InChI is InChI=1S/C30H30F2N6O4/c1-14(27-28(29(33)40)38-42-37-27)8-17-12-30(17)13-41-24-9-18(31)4-6-20(24)22(30)11-25(39)34-19-5-7-21(23(32)10-19)26-15(2)35-36-16(26)3/h4-7,9-10,14,17,22H,8,11-13H2,1-3H3,(H2,33,40)(H,34,39)(H,35,36). The number of amides is 2. The van der Waals surface area contributed by atoms with E-state index in [1.165, 1.54) is 18.2 Å². The van der Waals surface area contributed by atoms with Gasteiger partial charge in [0.2, 0.25) is 5.91 Å². The Morgan fingerprint density at radius 1 is 1.19 bits per heavy atom. The summed E-state index contributed by atoms with van der Waals surface area (Å²) < 4.78 is 39.9. The molecule has 1 spiro atoms. The summed E-state index contributed by atoms with van der Waals surface area (Å²) in [4.78, 5) is 25.1. The number of nitrogens with two attached hydrogens (primary N) is 1. The second-order valence-corrected chi connectivity index (χ2v) is 11.4. The Morgan fingerprint density at radius 3 is 2.71 bits per heavy atom. The van der Waals surface area contributed by atoms with E-state index in [9.17, 15) is 14.0 Å². The van der Waals surface area contributed by atoms with Crippen LogP contribution in [-0.2, 0) is 4.79 Å². The molecule has 1 saturated carbocycles. The molecule has 42 heavy (non-hydrogen) atoms. The van der Waals surface area contributed by atoms with Crippen molar-refractivity contribution >= 4 is 17.5 Å². The van der Waals surface area contributed by atoms with Crippen molar-refractivity contribution in [3.05, 3.63) is 76.4 Å². The third-order valence-corrected chi connectivity index (χ3v) is 8.71. The molecule has 0 saturated heterocycles. The molecule has 2 amide bonds. The van der Waals surface area contributed by atoms with Gasteiger partial charge < -0.3 is 15.8 Å². The summed E-state index contributed by atoms with van der Waals surface area (Å²) in [5.74, 6) is -1.83. The quantitative estimate of drug-likeness (QED) is 0.262. The molecular formula is C30H30F2N6O4. The number of anilines is 1. The zero-order valence-electron chi connectivity index (χ0n) is 23.3. The highest BCUT2D eigenvalue weighted by Crippen LogP contribution is 2.67. The van der Waals surface area contributed by atoms with Crippen molar-refractivity contribution in [2.24, 2.45) is 17.1 Å². The number of aromatic nitrogens is 4. The molecule has 2 aromatic heterocycles. The molecule has 4 atom stereocenters. The zero-order chi connectivity index (χ0) is 29.8. The number of nitrogens with zero attached hydrogens (tertiary/aromatic N) is 3. The summed E-state index contributed by atoms with van der Waals surface area (Å²) >= 11 is 0. The van der Waals surface area contributed by atoms with E-state index >= 15 is 4.39 Å². The first-order valence-electron chi connectivity index (χ1n) is 13.7. The number of hydrogen-bond acceptors (Lipinski definition) is 7. The molecule has 1 aliphatic carbocycles. The number of H-pyrrole nitrogens is 1. The van der Waals surface area contributed by atoms with Gasteiger partial charge in [-0.2, -0.15) is 5.10 Å². The Balaban J connectivity index is 1.22. The Kier molecular flexibility index (Phi) is 6.78. The Morgan fingerprint density at radius 2 is 2.00 bits per heavy atom. The number of carbonyl (C=O) groups excluding carboxylic acids is 2. The maximum Gasteiger partial charge on any atom is 0.272 e.